The van der Waals surface area contributed by atoms with Crippen molar-refractivity contribution >= 4 is 17.5 Å². The molecular formula is C18H16F2N2O3. The van der Waals surface area contributed by atoms with Crippen LogP contribution in [-0.2, 0) is 0 Å². The van der Waals surface area contributed by atoms with E-state index >= 15 is 0 Å². The molecule has 0 atom stereocenters. The number of amides is 2. The van der Waals surface area contributed by atoms with Crippen LogP contribution in [0, 0.1) is 11.6 Å². The fourth-order valence-corrected chi connectivity index (χ4v) is 2.58. The molecule has 0 bridgehead atoms. The van der Waals surface area contributed by atoms with E-state index in [0.29, 0.717) is 36.7 Å². The lowest BCUT2D eigenvalue weighted by Gasteiger charge is -2.17. The van der Waals surface area contributed by atoms with Crippen LogP contribution in [0.2, 0.25) is 0 Å². The van der Waals surface area contributed by atoms with Gasteiger partial charge in [-0.2, -0.15) is 0 Å². The Morgan fingerprint density at radius 3 is 2.72 bits per heavy atom. The first-order chi connectivity index (χ1) is 12.0. The van der Waals surface area contributed by atoms with Crippen molar-refractivity contribution in [3.8, 4) is 5.75 Å². The summed E-state index contributed by atoms with van der Waals surface area (Å²) in [6.07, 6.45) is 0. The van der Waals surface area contributed by atoms with Crippen LogP contribution < -0.4 is 10.1 Å². The number of ether oxygens (including phenoxy) is 1. The number of carbonyl (C=O) groups is 2. The van der Waals surface area contributed by atoms with Crippen molar-refractivity contribution < 1.29 is 23.1 Å². The minimum Gasteiger partial charge on any atom is -0.491 e. The monoisotopic (exact) mass is 346 g/mol. The summed E-state index contributed by atoms with van der Waals surface area (Å²) < 4.78 is 31.8. The second kappa shape index (κ2) is 6.88. The van der Waals surface area contributed by atoms with E-state index in [-0.39, 0.29) is 11.5 Å². The van der Waals surface area contributed by atoms with Gasteiger partial charge in [-0.3, -0.25) is 9.59 Å². The first-order valence-electron chi connectivity index (χ1n) is 7.82. The van der Waals surface area contributed by atoms with Crippen molar-refractivity contribution in [1.29, 1.82) is 0 Å². The zero-order valence-corrected chi connectivity index (χ0v) is 13.5. The molecular weight excluding hydrogens is 330 g/mol. The number of hydrogen-bond donors (Lipinski definition) is 1. The number of rotatable bonds is 3. The van der Waals surface area contributed by atoms with Crippen LogP contribution in [0.25, 0.3) is 0 Å². The largest absolute Gasteiger partial charge is 0.491 e. The van der Waals surface area contributed by atoms with Gasteiger partial charge in [0.05, 0.1) is 12.1 Å². The minimum atomic E-state index is -1.10. The Morgan fingerprint density at radius 1 is 1.20 bits per heavy atom. The average Bonchev–Trinajstić information content (AvgIpc) is 2.76. The SMILES string of the molecule is CCN1CCOc2ccc(NC(=O)c3ccc(F)c(F)c3)cc2C1=O. The van der Waals surface area contributed by atoms with Gasteiger partial charge in [-0.15, -0.1) is 0 Å². The third kappa shape index (κ3) is 3.45. The van der Waals surface area contributed by atoms with Crippen molar-refractivity contribution in [1.82, 2.24) is 4.90 Å². The zero-order valence-electron chi connectivity index (χ0n) is 13.5. The Bertz CT molecular complexity index is 839. The molecule has 2 amide bonds. The average molecular weight is 346 g/mol. The van der Waals surface area contributed by atoms with Gasteiger partial charge in [0.15, 0.2) is 11.6 Å². The van der Waals surface area contributed by atoms with Crippen LogP contribution in [0.5, 0.6) is 5.75 Å². The smallest absolute Gasteiger partial charge is 0.257 e. The van der Waals surface area contributed by atoms with E-state index in [2.05, 4.69) is 5.32 Å². The van der Waals surface area contributed by atoms with Crippen LogP contribution in [0.4, 0.5) is 14.5 Å². The van der Waals surface area contributed by atoms with Gasteiger partial charge in [0.25, 0.3) is 11.8 Å². The predicted octanol–water partition coefficient (Wildman–Crippen LogP) is 3.07. The normalized spacial score (nSPS) is 13.7. The minimum absolute atomic E-state index is 0.0217. The number of likely N-dealkylation sites (N-methyl/N-ethyl adjacent to an activating group) is 1. The lowest BCUT2D eigenvalue weighted by atomic mass is 10.1. The number of hydrogen-bond acceptors (Lipinski definition) is 3. The van der Waals surface area contributed by atoms with Crippen LogP contribution >= 0.6 is 0 Å². The predicted molar refractivity (Wildman–Crippen MR) is 87.8 cm³/mol. The molecule has 3 rings (SSSR count). The molecule has 2 aromatic rings. The second-order valence-electron chi connectivity index (χ2n) is 5.53. The lowest BCUT2D eigenvalue weighted by molar-refractivity contribution is 0.0764. The Kier molecular flexibility index (Phi) is 4.65. The number of nitrogens with one attached hydrogen (secondary N) is 1. The fourth-order valence-electron chi connectivity index (χ4n) is 2.58. The maximum absolute atomic E-state index is 13.3. The Morgan fingerprint density at radius 2 is 2.00 bits per heavy atom. The van der Waals surface area contributed by atoms with Crippen molar-refractivity contribution in [2.24, 2.45) is 0 Å². The van der Waals surface area contributed by atoms with E-state index in [0.717, 1.165) is 12.1 Å². The number of benzene rings is 2. The molecule has 0 aromatic heterocycles. The summed E-state index contributed by atoms with van der Waals surface area (Å²) in [5.74, 6) is -2.46. The van der Waals surface area contributed by atoms with Gasteiger partial charge in [0.2, 0.25) is 0 Å². The number of nitrogens with zero attached hydrogens (tertiary/aromatic N) is 1. The van der Waals surface area contributed by atoms with E-state index in [1.165, 1.54) is 12.1 Å². The molecule has 0 radical (unpaired) electrons. The third-order valence-corrected chi connectivity index (χ3v) is 3.94. The van der Waals surface area contributed by atoms with E-state index in [1.807, 2.05) is 6.92 Å². The molecule has 1 heterocycles. The Balaban J connectivity index is 1.85. The van der Waals surface area contributed by atoms with Crippen LogP contribution in [-0.4, -0.2) is 36.4 Å². The molecule has 130 valence electrons. The Hall–Kier alpha value is -2.96. The van der Waals surface area contributed by atoms with Gasteiger partial charge < -0.3 is 15.0 Å². The highest BCUT2D eigenvalue weighted by molar-refractivity contribution is 6.05. The number of halogens is 2. The summed E-state index contributed by atoms with van der Waals surface area (Å²) in [5.41, 5.74) is 0.692. The van der Waals surface area contributed by atoms with Crippen LogP contribution in [0.3, 0.4) is 0 Å². The van der Waals surface area contributed by atoms with E-state index in [4.69, 9.17) is 4.74 Å². The summed E-state index contributed by atoms with van der Waals surface area (Å²) >= 11 is 0. The third-order valence-electron chi connectivity index (χ3n) is 3.94. The highest BCUT2D eigenvalue weighted by Gasteiger charge is 2.23. The molecule has 0 saturated carbocycles. The highest BCUT2D eigenvalue weighted by atomic mass is 19.2. The molecule has 0 aliphatic carbocycles. The van der Waals surface area contributed by atoms with Gasteiger partial charge in [0, 0.05) is 17.8 Å². The summed E-state index contributed by atoms with van der Waals surface area (Å²) in [5, 5.41) is 2.57. The van der Waals surface area contributed by atoms with Gasteiger partial charge in [0.1, 0.15) is 12.4 Å². The first-order valence-corrected chi connectivity index (χ1v) is 7.82. The molecule has 7 heteroatoms. The van der Waals surface area contributed by atoms with E-state index < -0.39 is 17.5 Å². The lowest BCUT2D eigenvalue weighted by Crippen LogP contribution is -2.32. The summed E-state index contributed by atoms with van der Waals surface area (Å²) in [6.45, 7) is 3.30. The van der Waals surface area contributed by atoms with Gasteiger partial charge in [-0.1, -0.05) is 0 Å². The van der Waals surface area contributed by atoms with Crippen molar-refractivity contribution in [2.75, 3.05) is 25.0 Å². The van der Waals surface area contributed by atoms with Crippen LogP contribution in [0.1, 0.15) is 27.6 Å². The Labute approximate surface area is 143 Å². The summed E-state index contributed by atoms with van der Waals surface area (Å²) in [4.78, 5) is 26.3. The highest BCUT2D eigenvalue weighted by Crippen LogP contribution is 2.26. The van der Waals surface area contributed by atoms with Gasteiger partial charge in [-0.25, -0.2) is 8.78 Å². The molecule has 1 aliphatic heterocycles. The molecule has 1 N–H and O–H groups in total. The standard InChI is InChI=1S/C18H16F2N2O3/c1-2-22-7-8-25-16-6-4-12(10-13(16)18(22)24)21-17(23)11-3-5-14(19)15(20)9-11/h3-6,9-10H,2,7-8H2,1H3,(H,21,23). The second-order valence-corrected chi connectivity index (χ2v) is 5.53. The summed E-state index contributed by atoms with van der Waals surface area (Å²) in [6, 6.07) is 7.60. The quantitative estimate of drug-likeness (QED) is 0.929. The molecule has 1 aliphatic rings. The zero-order chi connectivity index (χ0) is 18.0. The molecule has 0 fully saturated rings. The van der Waals surface area contributed by atoms with Crippen LogP contribution in [0.15, 0.2) is 36.4 Å². The molecule has 25 heavy (non-hydrogen) atoms. The number of fused-ring (bicyclic) bond motifs is 1. The first kappa shape index (κ1) is 16.9. The molecule has 0 saturated heterocycles. The van der Waals surface area contributed by atoms with Gasteiger partial charge in [-0.05, 0) is 43.3 Å². The van der Waals surface area contributed by atoms with Gasteiger partial charge >= 0.3 is 0 Å². The summed E-state index contributed by atoms with van der Waals surface area (Å²) in [7, 11) is 0. The molecule has 0 spiro atoms. The van der Waals surface area contributed by atoms with E-state index in [9.17, 15) is 18.4 Å². The number of anilines is 1. The maximum atomic E-state index is 13.3. The van der Waals surface area contributed by atoms with E-state index in [1.54, 1.807) is 17.0 Å². The fraction of sp³-hybridized carbons (Fsp3) is 0.222. The van der Waals surface area contributed by atoms with Crippen molar-refractivity contribution in [2.45, 2.75) is 6.92 Å². The number of carbonyl (C=O) groups excluding carboxylic acids is 2. The topological polar surface area (TPSA) is 58.6 Å². The molecule has 5 nitrogen and oxygen atoms in total. The van der Waals surface area contributed by atoms with Crippen molar-refractivity contribution in [3.63, 3.8) is 0 Å². The van der Waals surface area contributed by atoms with Crippen molar-refractivity contribution in [3.05, 3.63) is 59.2 Å². The maximum Gasteiger partial charge on any atom is 0.257 e. The molecule has 2 aromatic carbocycles. The molecule has 0 unspecified atom stereocenters.